The molecular weight excluding hydrogens is 374 g/mol. The molecule has 2 heterocycles. The lowest BCUT2D eigenvalue weighted by molar-refractivity contribution is 0.0824. The Morgan fingerprint density at radius 3 is 2.53 bits per heavy atom. The molecule has 0 aromatic heterocycles. The van der Waals surface area contributed by atoms with Crippen LogP contribution in [0.5, 0.6) is 0 Å². The van der Waals surface area contributed by atoms with E-state index in [-0.39, 0.29) is 6.10 Å². The summed E-state index contributed by atoms with van der Waals surface area (Å²) in [7, 11) is 0. The number of aryl methyl sites for hydroxylation is 1. The predicted molar refractivity (Wildman–Crippen MR) is 125 cm³/mol. The summed E-state index contributed by atoms with van der Waals surface area (Å²) in [6.45, 7) is 12.5. The van der Waals surface area contributed by atoms with Crippen molar-refractivity contribution in [2.24, 2.45) is 4.99 Å². The number of nitrogens with zero attached hydrogens (tertiary/aromatic N) is 3. The lowest BCUT2D eigenvalue weighted by Crippen LogP contribution is -2.48. The third kappa shape index (κ3) is 7.89. The van der Waals surface area contributed by atoms with Gasteiger partial charge in [-0.3, -0.25) is 9.89 Å². The van der Waals surface area contributed by atoms with E-state index in [2.05, 4.69) is 58.5 Å². The summed E-state index contributed by atoms with van der Waals surface area (Å²) in [6, 6.07) is 9.36. The van der Waals surface area contributed by atoms with Crippen molar-refractivity contribution in [3.63, 3.8) is 0 Å². The molecule has 2 saturated heterocycles. The van der Waals surface area contributed by atoms with Gasteiger partial charge in [-0.2, -0.15) is 0 Å². The van der Waals surface area contributed by atoms with Gasteiger partial charge in [0.2, 0.25) is 0 Å². The number of piperidine rings is 2. The van der Waals surface area contributed by atoms with E-state index in [1.54, 1.807) is 0 Å². The van der Waals surface area contributed by atoms with Gasteiger partial charge in [-0.25, -0.2) is 0 Å². The quantitative estimate of drug-likeness (QED) is 0.346. The summed E-state index contributed by atoms with van der Waals surface area (Å²) >= 11 is 0. The van der Waals surface area contributed by atoms with Crippen LogP contribution in [0.25, 0.3) is 0 Å². The Morgan fingerprint density at radius 2 is 1.83 bits per heavy atom. The third-order valence-corrected chi connectivity index (χ3v) is 6.22. The first-order valence-corrected chi connectivity index (χ1v) is 11.9. The number of rotatable bonds is 8. The molecule has 2 aliphatic heterocycles. The second kappa shape index (κ2) is 12.3. The van der Waals surface area contributed by atoms with Crippen LogP contribution in [0.4, 0.5) is 0 Å². The molecule has 6 nitrogen and oxygen atoms in total. The molecule has 3 N–H and O–H groups in total. The number of benzene rings is 1. The molecule has 0 unspecified atom stereocenters. The number of guanidine groups is 1. The minimum Gasteiger partial charge on any atom is -0.393 e. The van der Waals surface area contributed by atoms with Gasteiger partial charge in [0.25, 0.3) is 0 Å². The maximum atomic E-state index is 9.62. The molecule has 2 aliphatic rings. The lowest BCUT2D eigenvalue weighted by atomic mass is 10.0. The van der Waals surface area contributed by atoms with Crippen molar-refractivity contribution in [3.8, 4) is 0 Å². The van der Waals surface area contributed by atoms with E-state index < -0.39 is 0 Å². The molecule has 0 radical (unpaired) electrons. The summed E-state index contributed by atoms with van der Waals surface area (Å²) in [6.07, 6.45) is 5.12. The van der Waals surface area contributed by atoms with Gasteiger partial charge in [-0.05, 0) is 58.1 Å². The summed E-state index contributed by atoms with van der Waals surface area (Å²) in [5, 5.41) is 16.7. The lowest BCUT2D eigenvalue weighted by Gasteiger charge is -2.33. The highest BCUT2D eigenvalue weighted by atomic mass is 16.3. The van der Waals surface area contributed by atoms with Gasteiger partial charge in [-0.1, -0.05) is 29.8 Å². The van der Waals surface area contributed by atoms with Crippen molar-refractivity contribution in [2.75, 3.05) is 45.8 Å². The fraction of sp³-hybridized carbons (Fsp3) is 0.708. The molecule has 0 aliphatic carbocycles. The number of hydrogen-bond donors (Lipinski definition) is 3. The number of aliphatic imine (C=N–C) groups is 1. The molecule has 3 rings (SSSR count). The van der Waals surface area contributed by atoms with E-state index in [1.165, 1.54) is 11.1 Å². The summed E-state index contributed by atoms with van der Waals surface area (Å²) in [5.74, 6) is 0.962. The van der Waals surface area contributed by atoms with Gasteiger partial charge < -0.3 is 20.6 Å². The Balaban J connectivity index is 1.37. The minimum absolute atomic E-state index is 0.0907. The highest BCUT2D eigenvalue weighted by Crippen LogP contribution is 2.15. The van der Waals surface area contributed by atoms with Crippen LogP contribution >= 0.6 is 0 Å². The Morgan fingerprint density at radius 1 is 1.10 bits per heavy atom. The number of aliphatic hydroxyl groups excluding tert-OH is 1. The fourth-order valence-electron chi connectivity index (χ4n) is 4.45. The average Bonchev–Trinajstić information content (AvgIpc) is 2.74. The van der Waals surface area contributed by atoms with Crippen molar-refractivity contribution < 1.29 is 5.11 Å². The zero-order valence-corrected chi connectivity index (χ0v) is 18.9. The summed E-state index contributed by atoms with van der Waals surface area (Å²) < 4.78 is 0. The van der Waals surface area contributed by atoms with Crippen LogP contribution in [0, 0.1) is 6.92 Å². The number of likely N-dealkylation sites (tertiary alicyclic amines) is 2. The van der Waals surface area contributed by atoms with Crippen LogP contribution in [0.3, 0.4) is 0 Å². The zero-order valence-electron chi connectivity index (χ0n) is 18.9. The molecule has 1 aromatic carbocycles. The summed E-state index contributed by atoms with van der Waals surface area (Å²) in [4.78, 5) is 9.82. The normalized spacial score (nSPS) is 20.4. The van der Waals surface area contributed by atoms with Crippen molar-refractivity contribution >= 4 is 5.96 Å². The van der Waals surface area contributed by atoms with Gasteiger partial charge in [0, 0.05) is 51.9 Å². The second-order valence-corrected chi connectivity index (χ2v) is 8.87. The zero-order chi connectivity index (χ0) is 21.2. The van der Waals surface area contributed by atoms with Crippen molar-refractivity contribution in [2.45, 2.75) is 64.6 Å². The number of nitrogens with one attached hydrogen (secondary N) is 2. The molecule has 0 atom stereocenters. The monoisotopic (exact) mass is 415 g/mol. The average molecular weight is 416 g/mol. The molecule has 2 fully saturated rings. The Labute approximate surface area is 182 Å². The number of aliphatic hydroxyl groups is 1. The predicted octanol–water partition coefficient (Wildman–Crippen LogP) is 2.36. The van der Waals surface area contributed by atoms with Crippen LogP contribution in [-0.4, -0.2) is 78.8 Å². The van der Waals surface area contributed by atoms with Gasteiger partial charge in [0.1, 0.15) is 0 Å². The maximum absolute atomic E-state index is 9.62. The van der Waals surface area contributed by atoms with Gasteiger partial charge in [0.15, 0.2) is 5.96 Å². The van der Waals surface area contributed by atoms with Gasteiger partial charge >= 0.3 is 0 Å². The molecule has 0 amide bonds. The molecule has 0 bridgehead atoms. The molecule has 6 heteroatoms. The fourth-order valence-corrected chi connectivity index (χ4v) is 4.45. The van der Waals surface area contributed by atoms with Crippen LogP contribution in [0.1, 0.15) is 50.2 Å². The van der Waals surface area contributed by atoms with Gasteiger partial charge in [0.05, 0.1) is 6.10 Å². The third-order valence-electron chi connectivity index (χ3n) is 6.22. The SMILES string of the molecule is CCNC(=NCCCN1CCC(O)CC1)NC1CCN(Cc2cccc(C)c2)CC1. The topological polar surface area (TPSA) is 63.1 Å². The van der Waals surface area contributed by atoms with Crippen LogP contribution < -0.4 is 10.6 Å². The second-order valence-electron chi connectivity index (χ2n) is 8.87. The first-order chi connectivity index (χ1) is 14.6. The largest absolute Gasteiger partial charge is 0.393 e. The Kier molecular flexibility index (Phi) is 9.43. The highest BCUT2D eigenvalue weighted by Gasteiger charge is 2.20. The molecule has 168 valence electrons. The van der Waals surface area contributed by atoms with Crippen molar-refractivity contribution in [3.05, 3.63) is 35.4 Å². The highest BCUT2D eigenvalue weighted by molar-refractivity contribution is 5.80. The van der Waals surface area contributed by atoms with E-state index in [9.17, 15) is 5.11 Å². The van der Waals surface area contributed by atoms with E-state index in [0.717, 1.165) is 90.4 Å². The smallest absolute Gasteiger partial charge is 0.191 e. The summed E-state index contributed by atoms with van der Waals surface area (Å²) in [5.41, 5.74) is 2.76. The van der Waals surface area contributed by atoms with Crippen LogP contribution in [0.2, 0.25) is 0 Å². The van der Waals surface area contributed by atoms with Crippen LogP contribution in [0.15, 0.2) is 29.3 Å². The molecule has 30 heavy (non-hydrogen) atoms. The van der Waals surface area contributed by atoms with E-state index in [1.807, 2.05) is 0 Å². The van der Waals surface area contributed by atoms with Gasteiger partial charge in [-0.15, -0.1) is 0 Å². The van der Waals surface area contributed by atoms with E-state index in [0.29, 0.717) is 6.04 Å². The van der Waals surface area contributed by atoms with E-state index >= 15 is 0 Å². The molecule has 0 spiro atoms. The van der Waals surface area contributed by atoms with Crippen LogP contribution in [-0.2, 0) is 6.54 Å². The maximum Gasteiger partial charge on any atom is 0.191 e. The first-order valence-electron chi connectivity index (χ1n) is 11.9. The molecular formula is C24H41N5O. The Bertz CT molecular complexity index is 649. The standard InChI is InChI=1S/C24H41N5O/c1-3-25-24(26-12-5-13-28-16-10-23(30)11-17-28)27-22-8-14-29(15-9-22)19-21-7-4-6-20(2)18-21/h4,6-7,18,22-23,30H,3,5,8-17,19H2,1-2H3,(H2,25,26,27). The van der Waals surface area contributed by atoms with Crippen molar-refractivity contribution in [1.82, 2.24) is 20.4 Å². The Hall–Kier alpha value is -1.63. The first kappa shape index (κ1) is 23.0. The number of hydrogen-bond acceptors (Lipinski definition) is 4. The molecule has 0 saturated carbocycles. The molecule has 1 aromatic rings. The van der Waals surface area contributed by atoms with Crippen molar-refractivity contribution in [1.29, 1.82) is 0 Å². The van der Waals surface area contributed by atoms with E-state index in [4.69, 9.17) is 4.99 Å². The minimum atomic E-state index is -0.0907.